The van der Waals surface area contributed by atoms with Gasteiger partial charge in [0, 0.05) is 18.7 Å². The molecular formula is C12H23NO. The van der Waals surface area contributed by atoms with Gasteiger partial charge in [-0.15, -0.1) is 0 Å². The van der Waals surface area contributed by atoms with Crippen molar-refractivity contribution >= 4 is 0 Å². The van der Waals surface area contributed by atoms with Crippen molar-refractivity contribution in [3.8, 4) is 0 Å². The van der Waals surface area contributed by atoms with Crippen LogP contribution in [0.25, 0.3) is 0 Å². The van der Waals surface area contributed by atoms with E-state index in [2.05, 4.69) is 19.2 Å². The molecule has 2 heteroatoms. The lowest BCUT2D eigenvalue weighted by Gasteiger charge is -2.26. The second kappa shape index (κ2) is 4.19. The van der Waals surface area contributed by atoms with Crippen molar-refractivity contribution in [1.82, 2.24) is 5.32 Å². The molecule has 2 fully saturated rings. The molecule has 2 atom stereocenters. The van der Waals surface area contributed by atoms with Gasteiger partial charge < -0.3 is 10.4 Å². The third kappa shape index (κ3) is 2.48. The van der Waals surface area contributed by atoms with Gasteiger partial charge in [-0.2, -0.15) is 0 Å². The van der Waals surface area contributed by atoms with Crippen LogP contribution in [-0.4, -0.2) is 23.8 Å². The predicted molar refractivity (Wildman–Crippen MR) is 58.1 cm³/mol. The summed E-state index contributed by atoms with van der Waals surface area (Å²) in [6, 6.07) is 1.23. The summed E-state index contributed by atoms with van der Waals surface area (Å²) in [4.78, 5) is 0. The van der Waals surface area contributed by atoms with E-state index in [9.17, 15) is 0 Å². The van der Waals surface area contributed by atoms with E-state index in [1.807, 2.05) is 0 Å². The van der Waals surface area contributed by atoms with Crippen molar-refractivity contribution in [3.05, 3.63) is 0 Å². The summed E-state index contributed by atoms with van der Waals surface area (Å²) < 4.78 is 0. The van der Waals surface area contributed by atoms with Gasteiger partial charge in [0.2, 0.25) is 0 Å². The fourth-order valence-corrected chi connectivity index (χ4v) is 2.19. The molecule has 0 heterocycles. The molecule has 2 N–H and O–H groups in total. The Morgan fingerprint density at radius 2 is 1.64 bits per heavy atom. The first-order valence-electron chi connectivity index (χ1n) is 6.09. The normalized spacial score (nSPS) is 26.6. The lowest BCUT2D eigenvalue weighted by molar-refractivity contribution is 0.194. The Hall–Kier alpha value is -0.0800. The fraction of sp³-hybridized carbons (Fsp3) is 1.00. The van der Waals surface area contributed by atoms with Crippen molar-refractivity contribution in [1.29, 1.82) is 0 Å². The number of nitrogens with one attached hydrogen (secondary N) is 1. The van der Waals surface area contributed by atoms with Crippen molar-refractivity contribution in [2.24, 2.45) is 17.8 Å². The summed E-state index contributed by atoms with van der Waals surface area (Å²) in [6.45, 7) is 4.63. The average molecular weight is 197 g/mol. The molecule has 2 nitrogen and oxygen atoms in total. The first kappa shape index (κ1) is 10.4. The van der Waals surface area contributed by atoms with Crippen LogP contribution in [0.15, 0.2) is 0 Å². The van der Waals surface area contributed by atoms with E-state index in [1.165, 1.54) is 25.7 Å². The Labute approximate surface area is 87.1 Å². The second-order valence-corrected chi connectivity index (χ2v) is 5.32. The molecule has 2 saturated carbocycles. The molecule has 2 aliphatic carbocycles. The minimum atomic E-state index is 0.302. The molecule has 0 radical (unpaired) electrons. The summed E-state index contributed by atoms with van der Waals surface area (Å²) in [6.07, 6.45) is 5.70. The Kier molecular flexibility index (Phi) is 3.13. The minimum Gasteiger partial charge on any atom is -0.396 e. The number of hydrogen-bond acceptors (Lipinski definition) is 2. The zero-order chi connectivity index (χ0) is 10.1. The second-order valence-electron chi connectivity index (χ2n) is 5.32. The molecule has 0 aromatic rings. The van der Waals surface area contributed by atoms with Crippen molar-refractivity contribution in [2.45, 2.75) is 51.6 Å². The zero-order valence-electron chi connectivity index (χ0n) is 9.37. The first-order chi connectivity index (χ1) is 6.72. The van der Waals surface area contributed by atoms with Gasteiger partial charge in [0.15, 0.2) is 0 Å². The van der Waals surface area contributed by atoms with Crippen LogP contribution in [-0.2, 0) is 0 Å². The lowest BCUT2D eigenvalue weighted by atomic mass is 10.0. The molecule has 2 rings (SSSR count). The standard InChI is InChI=1S/C12H23NO/c1-8(7-14)9(2)13-12(10-3-4-10)11-5-6-11/h8-14H,3-7H2,1-2H3. The maximum atomic E-state index is 9.09. The van der Waals surface area contributed by atoms with E-state index in [0.717, 1.165) is 17.9 Å². The Balaban J connectivity index is 1.80. The topological polar surface area (TPSA) is 32.3 Å². The Morgan fingerprint density at radius 1 is 1.14 bits per heavy atom. The van der Waals surface area contributed by atoms with Gasteiger partial charge in [-0.05, 0) is 50.4 Å². The lowest BCUT2D eigenvalue weighted by Crippen LogP contribution is -2.43. The third-order valence-electron chi connectivity index (χ3n) is 3.86. The molecule has 0 aromatic heterocycles. The quantitative estimate of drug-likeness (QED) is 0.680. The van der Waals surface area contributed by atoms with Gasteiger partial charge in [0.1, 0.15) is 0 Å². The van der Waals surface area contributed by atoms with Gasteiger partial charge in [0.25, 0.3) is 0 Å². The van der Waals surface area contributed by atoms with E-state index in [4.69, 9.17) is 5.11 Å². The zero-order valence-corrected chi connectivity index (χ0v) is 9.37. The summed E-state index contributed by atoms with van der Waals surface area (Å²) in [5.41, 5.74) is 0. The third-order valence-corrected chi connectivity index (χ3v) is 3.86. The van der Waals surface area contributed by atoms with Crippen LogP contribution in [0.5, 0.6) is 0 Å². The van der Waals surface area contributed by atoms with Crippen molar-refractivity contribution in [3.63, 3.8) is 0 Å². The van der Waals surface area contributed by atoms with Crippen LogP contribution >= 0.6 is 0 Å². The molecule has 82 valence electrons. The van der Waals surface area contributed by atoms with Gasteiger partial charge in [0.05, 0.1) is 0 Å². The molecule has 0 aromatic carbocycles. The number of rotatable bonds is 6. The van der Waals surface area contributed by atoms with Crippen LogP contribution in [0.4, 0.5) is 0 Å². The molecule has 2 unspecified atom stereocenters. The van der Waals surface area contributed by atoms with Crippen molar-refractivity contribution in [2.75, 3.05) is 6.61 Å². The highest BCUT2D eigenvalue weighted by atomic mass is 16.3. The molecule has 2 aliphatic rings. The van der Waals surface area contributed by atoms with E-state index in [1.54, 1.807) is 0 Å². The van der Waals surface area contributed by atoms with E-state index < -0.39 is 0 Å². The van der Waals surface area contributed by atoms with Crippen LogP contribution in [0.3, 0.4) is 0 Å². The highest BCUT2D eigenvalue weighted by Gasteiger charge is 2.41. The number of aliphatic hydroxyl groups is 1. The van der Waals surface area contributed by atoms with Gasteiger partial charge >= 0.3 is 0 Å². The Bertz CT molecular complexity index is 175. The van der Waals surface area contributed by atoms with E-state index in [0.29, 0.717) is 18.6 Å². The summed E-state index contributed by atoms with van der Waals surface area (Å²) in [5.74, 6) is 2.29. The largest absolute Gasteiger partial charge is 0.396 e. The van der Waals surface area contributed by atoms with Crippen molar-refractivity contribution < 1.29 is 5.11 Å². The monoisotopic (exact) mass is 197 g/mol. The maximum absolute atomic E-state index is 9.09. The molecule has 0 saturated heterocycles. The van der Waals surface area contributed by atoms with Crippen LogP contribution < -0.4 is 5.32 Å². The van der Waals surface area contributed by atoms with E-state index >= 15 is 0 Å². The molecular weight excluding hydrogens is 174 g/mol. The summed E-state index contributed by atoms with van der Waals surface area (Å²) >= 11 is 0. The van der Waals surface area contributed by atoms with Crippen LogP contribution in [0, 0.1) is 17.8 Å². The van der Waals surface area contributed by atoms with Crippen LogP contribution in [0.1, 0.15) is 39.5 Å². The first-order valence-corrected chi connectivity index (χ1v) is 6.09. The molecule has 0 aliphatic heterocycles. The van der Waals surface area contributed by atoms with Gasteiger partial charge in [-0.3, -0.25) is 0 Å². The number of aliphatic hydroxyl groups excluding tert-OH is 1. The summed E-state index contributed by atoms with van der Waals surface area (Å²) in [7, 11) is 0. The minimum absolute atomic E-state index is 0.302. The maximum Gasteiger partial charge on any atom is 0.0471 e. The fourth-order valence-electron chi connectivity index (χ4n) is 2.19. The molecule has 0 bridgehead atoms. The predicted octanol–water partition coefficient (Wildman–Crippen LogP) is 1.78. The molecule has 14 heavy (non-hydrogen) atoms. The smallest absolute Gasteiger partial charge is 0.0471 e. The van der Waals surface area contributed by atoms with Crippen LogP contribution in [0.2, 0.25) is 0 Å². The Morgan fingerprint density at radius 3 is 2.00 bits per heavy atom. The number of hydrogen-bond donors (Lipinski definition) is 2. The summed E-state index contributed by atoms with van der Waals surface area (Å²) in [5, 5.41) is 12.8. The highest BCUT2D eigenvalue weighted by Crippen LogP contribution is 2.44. The highest BCUT2D eigenvalue weighted by molar-refractivity contribution is 4.97. The molecule has 0 amide bonds. The average Bonchev–Trinajstić information content (AvgIpc) is 3.04. The molecule has 0 spiro atoms. The SMILES string of the molecule is CC(CO)C(C)NC(C1CC1)C1CC1. The van der Waals surface area contributed by atoms with Gasteiger partial charge in [-0.1, -0.05) is 6.92 Å². The van der Waals surface area contributed by atoms with E-state index in [-0.39, 0.29) is 0 Å². The van der Waals surface area contributed by atoms with Gasteiger partial charge in [-0.25, -0.2) is 0 Å².